The highest BCUT2D eigenvalue weighted by atomic mass is 16.5. The average Bonchev–Trinajstić information content (AvgIpc) is 1.66. The molecule has 0 aromatic heterocycles. The van der Waals surface area contributed by atoms with Gasteiger partial charge in [0.1, 0.15) is 115 Å². The van der Waals surface area contributed by atoms with Gasteiger partial charge in [0.2, 0.25) is 0 Å². The van der Waals surface area contributed by atoms with Crippen molar-refractivity contribution in [3.63, 3.8) is 0 Å². The van der Waals surface area contributed by atoms with Crippen molar-refractivity contribution >= 4 is 138 Å². The van der Waals surface area contributed by atoms with E-state index in [0.717, 1.165) is 203 Å². The molecular formula is C132H79B5O10. The van der Waals surface area contributed by atoms with Gasteiger partial charge in [0.05, 0.1) is 5.39 Å². The molecule has 0 fully saturated rings. The number of benzene rings is 22. The summed E-state index contributed by atoms with van der Waals surface area (Å²) in [4.78, 5) is 0. The van der Waals surface area contributed by atoms with Crippen LogP contribution < -0.4 is 129 Å². The lowest BCUT2D eigenvalue weighted by Crippen LogP contribution is -2.58. The minimum Gasteiger partial charge on any atom is -0.458 e. The van der Waals surface area contributed by atoms with Crippen molar-refractivity contribution < 1.29 is 47.4 Å². The van der Waals surface area contributed by atoms with Gasteiger partial charge < -0.3 is 47.4 Å². The Kier molecular flexibility index (Phi) is 19.4. The maximum absolute atomic E-state index is 6.91. The van der Waals surface area contributed by atoms with Crippen LogP contribution in [-0.2, 0) is 0 Å². The van der Waals surface area contributed by atoms with Gasteiger partial charge in [0, 0.05) is 32.7 Å². The van der Waals surface area contributed by atoms with Crippen molar-refractivity contribution in [2.75, 3.05) is 0 Å². The quantitative estimate of drug-likeness (QED) is 0.144. The molecule has 0 saturated heterocycles. The Hall–Kier alpha value is -18.8. The van der Waals surface area contributed by atoms with Gasteiger partial charge in [-0.1, -0.05) is 346 Å². The third-order valence-corrected chi connectivity index (χ3v) is 30.4. The molecule has 11 aliphatic rings. The van der Waals surface area contributed by atoms with Crippen molar-refractivity contribution in [2.45, 2.75) is 0 Å². The van der Waals surface area contributed by atoms with E-state index in [2.05, 4.69) is 394 Å². The molecule has 33 rings (SSSR count). The second kappa shape index (κ2) is 34.0. The molecule has 22 aromatic rings. The van der Waals surface area contributed by atoms with Gasteiger partial charge >= 0.3 is 0 Å². The fraction of sp³-hybridized carbons (Fsp3) is 0. The summed E-state index contributed by atoms with van der Waals surface area (Å²) in [6.45, 7) is 0.266. The van der Waals surface area contributed by atoms with Crippen LogP contribution in [0.5, 0.6) is 115 Å². The topological polar surface area (TPSA) is 92.3 Å². The number of hydrogen-bond donors (Lipinski definition) is 0. The average molecular weight is 1880 g/mol. The molecule has 0 amide bonds. The third kappa shape index (κ3) is 13.9. The summed E-state index contributed by atoms with van der Waals surface area (Å²) in [5.74, 6) is 17.5. The second-order valence-corrected chi connectivity index (χ2v) is 38.7. The molecule has 0 spiro atoms. The molecule has 10 heterocycles. The Labute approximate surface area is 850 Å². The SMILES string of the molecule is C1=Cc2cc3c(c4c5c(cc1c24)B1c2ccccc2Oc2cccc(c21)O5)Oc1cccc2c1B3c1ccccc1O2.c1ccc(-c2cc(-c3ccccc3)cc(-c3cc4c5c(c3)Oc3ccccc3B5c3ccccc3O4)c2)cc1.c1ccc(-c2cccc(-c3cc4c5c(c3)Oc3ccccc3B5c3ccccc3O4)c2)cc1.c1ccc(-c2ccccc2-c2cc3c4c(c2)Oc2ccccc2B4c2ccccc2O3)cc1. The zero-order valence-corrected chi connectivity index (χ0v) is 79.1. The van der Waals surface area contributed by atoms with E-state index in [4.69, 9.17) is 47.4 Å². The summed E-state index contributed by atoms with van der Waals surface area (Å²) in [7, 11) is 0. The maximum Gasteiger partial charge on any atom is 0.260 e. The van der Waals surface area contributed by atoms with Crippen LogP contribution in [0.1, 0.15) is 11.1 Å². The van der Waals surface area contributed by atoms with E-state index in [1.807, 2.05) is 84.9 Å². The van der Waals surface area contributed by atoms with Crippen molar-refractivity contribution in [2.24, 2.45) is 0 Å². The molecule has 0 radical (unpaired) electrons. The van der Waals surface area contributed by atoms with Gasteiger partial charge in [0.15, 0.2) is 0 Å². The largest absolute Gasteiger partial charge is 0.458 e. The Morgan fingerprint density at radius 3 is 0.660 bits per heavy atom. The van der Waals surface area contributed by atoms with Gasteiger partial charge in [-0.2, -0.15) is 0 Å². The molecule has 0 saturated carbocycles. The number of hydrogen-bond acceptors (Lipinski definition) is 10. The van der Waals surface area contributed by atoms with Gasteiger partial charge in [-0.25, -0.2) is 0 Å². The van der Waals surface area contributed by atoms with Crippen LogP contribution in [-0.4, -0.2) is 33.6 Å². The van der Waals surface area contributed by atoms with E-state index < -0.39 is 0 Å². The second-order valence-electron chi connectivity index (χ2n) is 38.7. The molecule has 10 nitrogen and oxygen atoms in total. The van der Waals surface area contributed by atoms with Gasteiger partial charge in [-0.05, 0) is 277 Å². The molecule has 22 aromatic carbocycles. The van der Waals surface area contributed by atoms with Gasteiger partial charge in [-0.15, -0.1) is 0 Å². The molecule has 0 N–H and O–H groups in total. The highest BCUT2D eigenvalue weighted by molar-refractivity contribution is 7.01. The Bertz CT molecular complexity index is 8890. The van der Waals surface area contributed by atoms with E-state index in [0.29, 0.717) is 0 Å². The first-order valence-corrected chi connectivity index (χ1v) is 50.1. The van der Waals surface area contributed by atoms with Crippen LogP contribution in [0.25, 0.3) is 101 Å². The van der Waals surface area contributed by atoms with E-state index in [9.17, 15) is 0 Å². The number of fused-ring (bicyclic) bond motifs is 22. The van der Waals surface area contributed by atoms with Crippen LogP contribution in [0.15, 0.2) is 467 Å². The number of ether oxygens (including phenoxy) is 10. The van der Waals surface area contributed by atoms with Crippen molar-refractivity contribution in [3.8, 4) is 193 Å². The Morgan fingerprint density at radius 1 is 0.122 bits per heavy atom. The molecule has 0 bridgehead atoms. The lowest BCUT2D eigenvalue weighted by molar-refractivity contribution is 0.459. The molecule has 0 atom stereocenters. The molecule has 0 unspecified atom stereocenters. The minimum absolute atomic E-state index is 0.00913. The summed E-state index contributed by atoms with van der Waals surface area (Å²) in [5, 5.41) is 2.20. The van der Waals surface area contributed by atoms with Crippen molar-refractivity contribution in [3.05, 3.63) is 478 Å². The Morgan fingerprint density at radius 2 is 0.327 bits per heavy atom. The molecule has 15 heteroatoms. The summed E-state index contributed by atoms with van der Waals surface area (Å²) < 4.78 is 65.5. The summed E-state index contributed by atoms with van der Waals surface area (Å²) in [5.41, 5.74) is 35.6. The van der Waals surface area contributed by atoms with Gasteiger partial charge in [0.25, 0.3) is 33.6 Å². The first-order chi connectivity index (χ1) is 72.8. The van der Waals surface area contributed by atoms with Crippen LogP contribution >= 0.6 is 0 Å². The molecule has 147 heavy (non-hydrogen) atoms. The van der Waals surface area contributed by atoms with E-state index >= 15 is 0 Å². The third-order valence-electron chi connectivity index (χ3n) is 30.4. The standard InChI is InChI=1S/C36H18B2O4.C36H23BO2.2C30H19BO2/c1-3-9-25-21(7-1)37-23-17-19-15-16-20-18-24-36(32(31(19)20)35(23)41-29-13-5-11-27(39-25)33(29)37)42-30-14-6-12-28-34(30)38(24)22-8-2-4-10-26(22)40-28;1-3-11-24(12-4-1)26-19-27(25-13-5-2-6-14-25)21-28(20-26)29-22-34-36-35(23-29)39-33-18-10-8-16-31(33)37(36)30-15-7-9-17-32(30)38-34;1-2-9-20(10-3-1)21-11-8-12-22(17-21)23-18-28-30-29(19-23)33-27-16-7-5-14-25(27)31(30)24-13-4-6-15-26(24)32-28;1-2-10-20(11-3-1)22-12-4-5-13-23(22)21-18-28-30-29(19-21)33-27-17-9-7-15-25(27)31(30)24-14-6-8-16-26(24)32-28/h1-18H;1-23H;2*1-19H. The van der Waals surface area contributed by atoms with Gasteiger partial charge in [-0.3, -0.25) is 0 Å². The summed E-state index contributed by atoms with van der Waals surface area (Å²) >= 11 is 0. The minimum atomic E-state index is -0.00913. The van der Waals surface area contributed by atoms with Crippen LogP contribution in [0.3, 0.4) is 0 Å². The van der Waals surface area contributed by atoms with Crippen molar-refractivity contribution in [1.29, 1.82) is 0 Å². The normalized spacial score (nSPS) is 13.2. The number of para-hydroxylation sites is 8. The fourth-order valence-corrected chi connectivity index (χ4v) is 24.0. The number of rotatable bonds is 7. The maximum atomic E-state index is 6.91. The Balaban J connectivity index is 0.0000000911. The monoisotopic (exact) mass is 1880 g/mol. The fourth-order valence-electron chi connectivity index (χ4n) is 24.0. The molecule has 682 valence electrons. The van der Waals surface area contributed by atoms with Crippen LogP contribution in [0.4, 0.5) is 0 Å². The predicted octanol–water partition coefficient (Wildman–Crippen LogP) is 23.7. The summed E-state index contributed by atoms with van der Waals surface area (Å²) in [6, 6.07) is 163. The summed E-state index contributed by atoms with van der Waals surface area (Å²) in [6.07, 6.45) is 4.46. The first-order valence-electron chi connectivity index (χ1n) is 50.1. The van der Waals surface area contributed by atoms with E-state index in [1.165, 1.54) is 93.8 Å². The predicted molar refractivity (Wildman–Crippen MR) is 599 cm³/mol. The van der Waals surface area contributed by atoms with E-state index in [-0.39, 0.29) is 33.6 Å². The lowest BCUT2D eigenvalue weighted by Gasteiger charge is -2.36. The zero-order chi connectivity index (χ0) is 96.4. The van der Waals surface area contributed by atoms with E-state index in [1.54, 1.807) is 0 Å². The highest BCUT2D eigenvalue weighted by Gasteiger charge is 2.49. The highest BCUT2D eigenvalue weighted by Crippen LogP contribution is 2.51. The van der Waals surface area contributed by atoms with Crippen molar-refractivity contribution in [1.82, 2.24) is 0 Å². The smallest absolute Gasteiger partial charge is 0.260 e. The zero-order valence-electron chi connectivity index (χ0n) is 79.1. The first kappa shape index (κ1) is 83.9. The van der Waals surface area contributed by atoms with Crippen LogP contribution in [0, 0.1) is 0 Å². The molecular weight excluding hydrogens is 1800 g/mol. The lowest BCUT2D eigenvalue weighted by atomic mass is 9.34. The molecule has 10 aliphatic heterocycles. The molecule has 1 aliphatic carbocycles. The van der Waals surface area contributed by atoms with Crippen LogP contribution in [0.2, 0.25) is 0 Å².